The number of carbonyl (C=O) groups is 2. The molecule has 1 unspecified atom stereocenters. The van der Waals surface area contributed by atoms with E-state index in [9.17, 15) is 9.59 Å². The van der Waals surface area contributed by atoms with Crippen LogP contribution in [0.2, 0.25) is 0 Å². The molecule has 2 amide bonds. The largest absolute Gasteiger partial charge is 0.325 e. The van der Waals surface area contributed by atoms with Crippen LogP contribution >= 0.6 is 15.9 Å². The normalized spacial score (nSPS) is 16.7. The molecule has 1 N–H and O–H groups in total. The third-order valence-electron chi connectivity index (χ3n) is 4.74. The molecule has 0 aliphatic carbocycles. The molecule has 0 spiro atoms. The molecule has 27 heavy (non-hydrogen) atoms. The van der Waals surface area contributed by atoms with Crippen molar-refractivity contribution in [2.24, 2.45) is 5.92 Å². The molecule has 3 aromatic rings. The molecule has 136 valence electrons. The van der Waals surface area contributed by atoms with Gasteiger partial charge in [-0.15, -0.1) is 0 Å². The third-order valence-corrected chi connectivity index (χ3v) is 5.24. The second-order valence-corrected chi connectivity index (χ2v) is 7.62. The Morgan fingerprint density at radius 1 is 1.19 bits per heavy atom. The molecule has 6 heteroatoms. The van der Waals surface area contributed by atoms with Gasteiger partial charge in [0.1, 0.15) is 0 Å². The molecular weight excluding hydrogens is 406 g/mol. The zero-order valence-electron chi connectivity index (χ0n) is 14.8. The summed E-state index contributed by atoms with van der Waals surface area (Å²) in [6, 6.07) is 17.1. The first-order valence-electron chi connectivity index (χ1n) is 8.74. The van der Waals surface area contributed by atoms with Crippen molar-refractivity contribution in [1.82, 2.24) is 4.98 Å². The fourth-order valence-electron chi connectivity index (χ4n) is 3.38. The number of hydrogen-bond acceptors (Lipinski definition) is 3. The number of carbonyl (C=O) groups excluding carboxylic acids is 2. The first-order chi connectivity index (χ1) is 13.0. The van der Waals surface area contributed by atoms with Gasteiger partial charge in [-0.05, 0) is 49.4 Å². The van der Waals surface area contributed by atoms with E-state index < -0.39 is 0 Å². The van der Waals surface area contributed by atoms with E-state index >= 15 is 0 Å². The second kappa shape index (κ2) is 7.12. The minimum Gasteiger partial charge on any atom is -0.325 e. The monoisotopic (exact) mass is 423 g/mol. The molecule has 2 heterocycles. The summed E-state index contributed by atoms with van der Waals surface area (Å²) < 4.78 is 0.902. The topological polar surface area (TPSA) is 62.3 Å². The number of anilines is 2. The molecule has 1 aliphatic rings. The van der Waals surface area contributed by atoms with Crippen molar-refractivity contribution in [3.8, 4) is 0 Å². The van der Waals surface area contributed by atoms with Gasteiger partial charge >= 0.3 is 0 Å². The van der Waals surface area contributed by atoms with Crippen molar-refractivity contribution >= 4 is 50.0 Å². The standard InChI is InChI=1S/C21H18BrN3O2/c1-13-8-9-17-18(23-13)6-3-7-19(17)24-21(27)14-10-20(26)25(12-14)16-5-2-4-15(22)11-16/h2-9,11,14H,10,12H2,1H3,(H,24,27). The number of nitrogens with zero attached hydrogens (tertiary/aromatic N) is 2. The zero-order chi connectivity index (χ0) is 19.0. The van der Waals surface area contributed by atoms with Gasteiger partial charge in [-0.2, -0.15) is 0 Å². The van der Waals surface area contributed by atoms with E-state index in [0.29, 0.717) is 6.54 Å². The number of amides is 2. The highest BCUT2D eigenvalue weighted by Gasteiger charge is 2.35. The summed E-state index contributed by atoms with van der Waals surface area (Å²) in [5.74, 6) is -0.567. The lowest BCUT2D eigenvalue weighted by atomic mass is 10.1. The van der Waals surface area contributed by atoms with E-state index in [1.165, 1.54) is 0 Å². The number of nitrogens with one attached hydrogen (secondary N) is 1. The van der Waals surface area contributed by atoms with Gasteiger partial charge in [0.15, 0.2) is 0 Å². The zero-order valence-corrected chi connectivity index (χ0v) is 16.4. The minimum absolute atomic E-state index is 0.0385. The van der Waals surface area contributed by atoms with E-state index in [0.717, 1.165) is 32.4 Å². The predicted octanol–water partition coefficient (Wildman–Crippen LogP) is 4.30. The van der Waals surface area contributed by atoms with Crippen LogP contribution < -0.4 is 10.2 Å². The molecule has 0 saturated carbocycles. The quantitative estimate of drug-likeness (QED) is 0.682. The summed E-state index contributed by atoms with van der Waals surface area (Å²) in [5.41, 5.74) is 3.29. The Balaban J connectivity index is 1.54. The number of pyridine rings is 1. The lowest BCUT2D eigenvalue weighted by molar-refractivity contribution is -0.122. The van der Waals surface area contributed by atoms with Crippen molar-refractivity contribution in [2.75, 3.05) is 16.8 Å². The van der Waals surface area contributed by atoms with Crippen LogP contribution in [0.25, 0.3) is 10.9 Å². The summed E-state index contributed by atoms with van der Waals surface area (Å²) in [5, 5.41) is 3.88. The fourth-order valence-corrected chi connectivity index (χ4v) is 3.76. The van der Waals surface area contributed by atoms with E-state index in [4.69, 9.17) is 0 Å². The van der Waals surface area contributed by atoms with Crippen LogP contribution in [0.1, 0.15) is 12.1 Å². The van der Waals surface area contributed by atoms with E-state index in [1.54, 1.807) is 4.90 Å². The second-order valence-electron chi connectivity index (χ2n) is 6.70. The van der Waals surface area contributed by atoms with Crippen LogP contribution in [0.4, 0.5) is 11.4 Å². The van der Waals surface area contributed by atoms with Gasteiger partial charge in [-0.1, -0.05) is 28.1 Å². The van der Waals surface area contributed by atoms with Crippen LogP contribution in [0.3, 0.4) is 0 Å². The van der Waals surface area contributed by atoms with E-state index in [2.05, 4.69) is 26.2 Å². The number of aromatic nitrogens is 1. The van der Waals surface area contributed by atoms with Gasteiger partial charge in [0.25, 0.3) is 0 Å². The lowest BCUT2D eigenvalue weighted by Crippen LogP contribution is -2.28. The van der Waals surface area contributed by atoms with Crippen molar-refractivity contribution in [3.05, 3.63) is 64.8 Å². The SMILES string of the molecule is Cc1ccc2c(NC(=O)C3CC(=O)N(c4cccc(Br)c4)C3)cccc2n1. The Morgan fingerprint density at radius 3 is 2.81 bits per heavy atom. The Bertz CT molecular complexity index is 1050. The number of aryl methyl sites for hydroxylation is 1. The maximum atomic E-state index is 12.8. The van der Waals surface area contributed by atoms with Crippen LogP contribution in [0.5, 0.6) is 0 Å². The summed E-state index contributed by atoms with van der Waals surface area (Å²) in [6.07, 6.45) is 0.209. The average Bonchev–Trinajstić information content (AvgIpc) is 3.03. The van der Waals surface area contributed by atoms with Gasteiger partial charge in [0, 0.05) is 34.2 Å². The number of hydrogen-bond donors (Lipinski definition) is 1. The highest BCUT2D eigenvalue weighted by Crippen LogP contribution is 2.29. The van der Waals surface area contributed by atoms with Crippen LogP contribution in [-0.2, 0) is 9.59 Å². The number of rotatable bonds is 3. The van der Waals surface area contributed by atoms with E-state index in [1.807, 2.05) is 61.5 Å². The average molecular weight is 424 g/mol. The molecule has 5 nitrogen and oxygen atoms in total. The molecule has 0 bridgehead atoms. The molecule has 2 aromatic carbocycles. The molecule has 1 aliphatic heterocycles. The fraction of sp³-hybridized carbons (Fsp3) is 0.190. The molecule has 1 fully saturated rings. The van der Waals surface area contributed by atoms with Crippen molar-refractivity contribution in [1.29, 1.82) is 0 Å². The third kappa shape index (κ3) is 3.57. The molecule has 1 atom stereocenters. The Hall–Kier alpha value is -2.73. The first-order valence-corrected chi connectivity index (χ1v) is 9.54. The number of halogens is 1. The first kappa shape index (κ1) is 17.7. The number of benzene rings is 2. The molecule has 1 saturated heterocycles. The van der Waals surface area contributed by atoms with Crippen molar-refractivity contribution in [2.45, 2.75) is 13.3 Å². The molecular formula is C21H18BrN3O2. The smallest absolute Gasteiger partial charge is 0.229 e. The van der Waals surface area contributed by atoms with Crippen molar-refractivity contribution < 1.29 is 9.59 Å². The predicted molar refractivity (Wildman–Crippen MR) is 110 cm³/mol. The van der Waals surface area contributed by atoms with E-state index in [-0.39, 0.29) is 24.2 Å². The summed E-state index contributed by atoms with van der Waals surface area (Å²) >= 11 is 3.42. The Labute approximate surface area is 165 Å². The molecule has 0 radical (unpaired) electrons. The maximum Gasteiger partial charge on any atom is 0.229 e. The minimum atomic E-state index is -0.384. The lowest BCUT2D eigenvalue weighted by Gasteiger charge is -2.17. The molecule has 4 rings (SSSR count). The number of fused-ring (bicyclic) bond motifs is 1. The van der Waals surface area contributed by atoms with Gasteiger partial charge in [0.2, 0.25) is 11.8 Å². The molecule has 1 aromatic heterocycles. The van der Waals surface area contributed by atoms with Gasteiger partial charge < -0.3 is 10.2 Å². The van der Waals surface area contributed by atoms with Crippen molar-refractivity contribution in [3.63, 3.8) is 0 Å². The Morgan fingerprint density at radius 2 is 2.00 bits per heavy atom. The Kier molecular flexibility index (Phi) is 4.66. The van der Waals surface area contributed by atoms with Gasteiger partial charge in [-0.3, -0.25) is 14.6 Å². The van der Waals surface area contributed by atoms with Gasteiger partial charge in [-0.25, -0.2) is 0 Å². The highest BCUT2D eigenvalue weighted by atomic mass is 79.9. The summed E-state index contributed by atoms with van der Waals surface area (Å²) in [7, 11) is 0. The van der Waals surface area contributed by atoms with Crippen LogP contribution in [0, 0.1) is 12.8 Å². The highest BCUT2D eigenvalue weighted by molar-refractivity contribution is 9.10. The maximum absolute atomic E-state index is 12.8. The summed E-state index contributed by atoms with van der Waals surface area (Å²) in [6.45, 7) is 2.31. The summed E-state index contributed by atoms with van der Waals surface area (Å²) in [4.78, 5) is 31.4. The van der Waals surface area contributed by atoms with Crippen LogP contribution in [0.15, 0.2) is 59.1 Å². The van der Waals surface area contributed by atoms with Gasteiger partial charge in [0.05, 0.1) is 17.1 Å². The van der Waals surface area contributed by atoms with Crippen LogP contribution in [-0.4, -0.2) is 23.3 Å².